The van der Waals surface area contributed by atoms with Crippen LogP contribution in [-0.4, -0.2) is 39.7 Å². The fraction of sp³-hybridized carbons (Fsp3) is 0.200. The second-order valence-corrected chi connectivity index (χ2v) is 7.46. The normalized spacial score (nSPS) is 12.3. The van der Waals surface area contributed by atoms with Gasteiger partial charge in [-0.05, 0) is 48.0 Å². The van der Waals surface area contributed by atoms with Crippen LogP contribution in [0.5, 0.6) is 11.5 Å². The van der Waals surface area contributed by atoms with Gasteiger partial charge < -0.3 is 19.6 Å². The van der Waals surface area contributed by atoms with Crippen molar-refractivity contribution in [2.45, 2.75) is 20.0 Å². The molecule has 1 heterocycles. The van der Waals surface area contributed by atoms with Gasteiger partial charge in [-0.1, -0.05) is 23.7 Å². The number of aromatic nitrogens is 2. The number of nitrogens with one attached hydrogen (secondary N) is 1. The average Bonchev–Trinajstić information content (AvgIpc) is 2.73. The zero-order valence-electron chi connectivity index (χ0n) is 16.4. The molecular weight excluding hydrogens is 494 g/mol. The molecule has 0 saturated heterocycles. The van der Waals surface area contributed by atoms with Crippen molar-refractivity contribution >= 4 is 50.6 Å². The van der Waals surface area contributed by atoms with Crippen molar-refractivity contribution in [3.8, 4) is 11.5 Å². The van der Waals surface area contributed by atoms with Crippen LogP contribution in [0.2, 0.25) is 5.02 Å². The second-order valence-electron chi connectivity index (χ2n) is 6.29. The number of rotatable bonds is 7. The first-order valence-electron chi connectivity index (χ1n) is 9.07. The Kier molecular flexibility index (Phi) is 6.81. The number of H-pyrrole nitrogens is 1. The highest BCUT2D eigenvalue weighted by molar-refractivity contribution is 9.10. The minimum atomic E-state index is -1.17. The van der Waals surface area contributed by atoms with Crippen molar-refractivity contribution < 1.29 is 19.4 Å². The zero-order chi connectivity index (χ0) is 22.7. The summed E-state index contributed by atoms with van der Waals surface area (Å²) in [4.78, 5) is 38.6. The molecule has 162 valence electrons. The van der Waals surface area contributed by atoms with E-state index in [4.69, 9.17) is 26.2 Å². The Bertz CT molecular complexity index is 1300. The van der Waals surface area contributed by atoms with Crippen LogP contribution in [-0.2, 0) is 4.79 Å². The summed E-state index contributed by atoms with van der Waals surface area (Å²) in [6, 6.07) is 8.09. The lowest BCUT2D eigenvalue weighted by Gasteiger charge is -2.18. The molecule has 31 heavy (non-hydrogen) atoms. The number of hydrogen-bond donors (Lipinski definition) is 2. The second kappa shape index (κ2) is 9.36. The molecule has 1 aromatic heterocycles. The number of nitrogens with zero attached hydrogens (tertiary/aromatic N) is 2. The lowest BCUT2D eigenvalue weighted by molar-refractivity contribution is -0.144. The van der Waals surface area contributed by atoms with Crippen LogP contribution in [0.1, 0.15) is 19.4 Å². The minimum absolute atomic E-state index is 0.0446. The lowest BCUT2D eigenvalue weighted by Crippen LogP contribution is -2.32. The topological polar surface area (TPSA) is 123 Å². The van der Waals surface area contributed by atoms with Crippen molar-refractivity contribution in [2.75, 3.05) is 6.61 Å². The summed E-state index contributed by atoms with van der Waals surface area (Å²) >= 11 is 9.68. The number of carboxylic acids is 1. The Labute approximate surface area is 189 Å². The van der Waals surface area contributed by atoms with E-state index in [1.807, 2.05) is 0 Å². The fourth-order valence-electron chi connectivity index (χ4n) is 2.68. The first-order chi connectivity index (χ1) is 14.7. The van der Waals surface area contributed by atoms with Gasteiger partial charge in [0.25, 0.3) is 5.56 Å². The van der Waals surface area contributed by atoms with E-state index in [1.54, 1.807) is 31.2 Å². The Morgan fingerprint density at radius 1 is 1.39 bits per heavy atom. The molecule has 0 saturated carbocycles. The summed E-state index contributed by atoms with van der Waals surface area (Å²) in [6.07, 6.45) is 0.0896. The van der Waals surface area contributed by atoms with Crippen molar-refractivity contribution in [3.63, 3.8) is 0 Å². The van der Waals surface area contributed by atoms with Gasteiger partial charge in [0.1, 0.15) is 5.02 Å². The van der Waals surface area contributed by atoms with E-state index >= 15 is 0 Å². The number of para-hydroxylation sites is 1. The predicted octanol–water partition coefficient (Wildman–Crippen LogP) is 3.24. The molecule has 3 rings (SSSR count). The van der Waals surface area contributed by atoms with Gasteiger partial charge in [0, 0.05) is 10.0 Å². The molecule has 0 unspecified atom stereocenters. The SMILES string of the molecule is CCOc1cc(C=Nn2c(=O)[nH]c3ccccc3c2=O)c(Br)c(Cl)c1O[C@@H](C)C(=O)O. The number of hydrogen-bond acceptors (Lipinski definition) is 6. The summed E-state index contributed by atoms with van der Waals surface area (Å²) < 4.78 is 12.0. The summed E-state index contributed by atoms with van der Waals surface area (Å²) in [5.41, 5.74) is -0.510. The molecule has 1 atom stereocenters. The van der Waals surface area contributed by atoms with Crippen LogP contribution in [0.15, 0.2) is 49.5 Å². The molecular formula is C20H17BrClN3O6. The quantitative estimate of drug-likeness (QED) is 0.471. The van der Waals surface area contributed by atoms with E-state index in [-0.39, 0.29) is 23.1 Å². The van der Waals surface area contributed by atoms with E-state index < -0.39 is 23.3 Å². The summed E-state index contributed by atoms with van der Waals surface area (Å²) in [7, 11) is 0. The Morgan fingerprint density at radius 2 is 2.10 bits per heavy atom. The predicted molar refractivity (Wildman–Crippen MR) is 120 cm³/mol. The number of carboxylic acid groups (broad SMARTS) is 1. The van der Waals surface area contributed by atoms with Crippen molar-refractivity contribution in [1.82, 2.24) is 9.66 Å². The number of aromatic amines is 1. The first kappa shape index (κ1) is 22.6. The molecule has 0 radical (unpaired) electrons. The van der Waals surface area contributed by atoms with Crippen LogP contribution >= 0.6 is 27.5 Å². The number of fused-ring (bicyclic) bond motifs is 1. The zero-order valence-corrected chi connectivity index (χ0v) is 18.7. The molecule has 0 aliphatic rings. The number of benzene rings is 2. The summed E-state index contributed by atoms with van der Waals surface area (Å²) in [5.74, 6) is -0.941. The molecule has 0 spiro atoms. The van der Waals surface area contributed by atoms with E-state index in [2.05, 4.69) is 26.0 Å². The van der Waals surface area contributed by atoms with Crippen LogP contribution < -0.4 is 20.7 Å². The number of aliphatic carboxylic acids is 1. The molecule has 0 fully saturated rings. The molecule has 9 nitrogen and oxygen atoms in total. The highest BCUT2D eigenvalue weighted by atomic mass is 79.9. The maximum absolute atomic E-state index is 12.6. The lowest BCUT2D eigenvalue weighted by atomic mass is 10.2. The third-order valence-electron chi connectivity index (χ3n) is 4.19. The number of carbonyl (C=O) groups is 1. The molecule has 0 amide bonds. The van der Waals surface area contributed by atoms with E-state index in [0.29, 0.717) is 25.6 Å². The van der Waals surface area contributed by atoms with Crippen LogP contribution in [0.25, 0.3) is 10.9 Å². The van der Waals surface area contributed by atoms with Gasteiger partial charge in [0.15, 0.2) is 17.6 Å². The maximum atomic E-state index is 12.6. The van der Waals surface area contributed by atoms with E-state index in [0.717, 1.165) is 0 Å². The van der Waals surface area contributed by atoms with E-state index in [9.17, 15) is 14.4 Å². The van der Waals surface area contributed by atoms with Gasteiger partial charge in [0.05, 0.1) is 23.7 Å². The fourth-order valence-corrected chi connectivity index (χ4v) is 3.32. The van der Waals surface area contributed by atoms with Crippen LogP contribution in [0.4, 0.5) is 0 Å². The third-order valence-corrected chi connectivity index (χ3v) is 5.64. The van der Waals surface area contributed by atoms with Gasteiger partial charge in [0.2, 0.25) is 0 Å². The Hall–Kier alpha value is -3.11. The Balaban J connectivity index is 2.09. The third kappa shape index (κ3) is 4.64. The number of ether oxygens (including phenoxy) is 2. The first-order valence-corrected chi connectivity index (χ1v) is 10.2. The maximum Gasteiger partial charge on any atom is 0.349 e. The molecule has 0 bridgehead atoms. The monoisotopic (exact) mass is 509 g/mol. The van der Waals surface area contributed by atoms with Crippen molar-refractivity contribution in [3.05, 3.63) is 66.2 Å². The molecule has 11 heteroatoms. The molecule has 0 aliphatic heterocycles. The van der Waals surface area contributed by atoms with Gasteiger partial charge >= 0.3 is 11.7 Å². The standard InChI is InChI=1S/C20H17BrClN3O6/c1-3-30-14-8-11(15(21)16(22)17(14)31-10(2)19(27)28)9-23-25-18(26)12-6-4-5-7-13(12)24-20(25)29/h4-10H,3H2,1-2H3,(H,24,29)(H,27,28)/t10-/m0/s1. The number of halogens is 2. The average molecular weight is 511 g/mol. The summed E-state index contributed by atoms with van der Waals surface area (Å²) in [6.45, 7) is 3.36. The minimum Gasteiger partial charge on any atom is -0.490 e. The molecule has 3 aromatic rings. The highest BCUT2D eigenvalue weighted by Gasteiger charge is 2.22. The highest BCUT2D eigenvalue weighted by Crippen LogP contribution is 2.42. The van der Waals surface area contributed by atoms with Gasteiger partial charge in [-0.25, -0.2) is 9.59 Å². The van der Waals surface area contributed by atoms with Gasteiger partial charge in [-0.2, -0.15) is 5.10 Å². The van der Waals surface area contributed by atoms with Gasteiger partial charge in [-0.3, -0.25) is 4.79 Å². The molecule has 0 aliphatic carbocycles. The van der Waals surface area contributed by atoms with Crippen molar-refractivity contribution in [1.29, 1.82) is 0 Å². The van der Waals surface area contributed by atoms with E-state index in [1.165, 1.54) is 19.2 Å². The molecule has 2 N–H and O–H groups in total. The molecule has 2 aromatic carbocycles. The Morgan fingerprint density at radius 3 is 2.77 bits per heavy atom. The summed E-state index contributed by atoms with van der Waals surface area (Å²) in [5, 5.41) is 13.5. The van der Waals surface area contributed by atoms with Crippen molar-refractivity contribution in [2.24, 2.45) is 5.10 Å². The largest absolute Gasteiger partial charge is 0.490 e. The smallest absolute Gasteiger partial charge is 0.349 e. The van der Waals surface area contributed by atoms with Crippen LogP contribution in [0, 0.1) is 0 Å². The van der Waals surface area contributed by atoms with Gasteiger partial charge in [-0.15, -0.1) is 4.68 Å². The van der Waals surface area contributed by atoms with Crippen LogP contribution in [0.3, 0.4) is 0 Å².